The molecule has 0 bridgehead atoms. The summed E-state index contributed by atoms with van der Waals surface area (Å²) in [5.41, 5.74) is 6.72. The van der Waals surface area contributed by atoms with Gasteiger partial charge in [-0.3, -0.25) is 12.6 Å². The van der Waals surface area contributed by atoms with Crippen LogP contribution in [0.4, 0.5) is 0 Å². The van der Waals surface area contributed by atoms with Crippen molar-refractivity contribution in [1.82, 2.24) is 0 Å². The Kier molecular flexibility index (Phi) is 7.66. The normalized spacial score (nSPS) is 23.6. The minimum atomic E-state index is -1.83. The molecule has 2 fully saturated rings. The molecule has 0 amide bonds. The molecule has 3 radical (unpaired) electrons. The molecule has 0 saturated heterocycles. The number of nitrogens with zero attached hydrogens (tertiary/aromatic N) is 1. The Hall–Kier alpha value is -2.18. The summed E-state index contributed by atoms with van der Waals surface area (Å²) in [5, 5.41) is 1.49. The Morgan fingerprint density at radius 2 is 1.11 bits per heavy atom. The highest BCUT2D eigenvalue weighted by atomic mass is 31.2. The fourth-order valence-corrected chi connectivity index (χ4v) is 12.3. The number of hydrogen-bond donors (Lipinski definition) is 0. The van der Waals surface area contributed by atoms with Crippen molar-refractivity contribution in [2.45, 2.75) is 93.9 Å². The molecule has 2 saturated carbocycles. The van der Waals surface area contributed by atoms with Crippen molar-refractivity contribution in [2.75, 3.05) is 0 Å². The summed E-state index contributed by atoms with van der Waals surface area (Å²) < 4.78 is 0. The third-order valence-corrected chi connectivity index (χ3v) is 14.1. The van der Waals surface area contributed by atoms with E-state index < -0.39 is 7.14 Å². The fourth-order valence-electron chi connectivity index (χ4n) is 7.53. The summed E-state index contributed by atoms with van der Waals surface area (Å²) in [6.45, 7) is 0. The van der Waals surface area contributed by atoms with Crippen LogP contribution in [0, 0.1) is 0 Å². The SMILES string of the molecule is [B-][P+](c1ccccc1C1=N[C@H](c2ccccc2)[C@@H](c2ccccc2)C1)(C1CCCCC1)C1CCCCC1. The van der Waals surface area contributed by atoms with Crippen LogP contribution in [0.15, 0.2) is 89.9 Å². The first-order valence-corrected chi connectivity index (χ1v) is 16.7. The predicted octanol–water partition coefficient (Wildman–Crippen LogP) is 8.80. The molecule has 1 aliphatic heterocycles. The fraction of sp³-hybridized carbons (Fsp3) is 0.441. The zero-order valence-corrected chi connectivity index (χ0v) is 23.0. The Labute approximate surface area is 225 Å². The van der Waals surface area contributed by atoms with E-state index in [2.05, 4.69) is 84.9 Å². The van der Waals surface area contributed by atoms with Crippen molar-refractivity contribution in [1.29, 1.82) is 0 Å². The maximum atomic E-state index is 7.88. The standard InChI is InChI=1S/C34H40BNP/c35-37(28-19-9-3-10-20-28,29-21-11-4-12-22-29)33-24-14-13-23-30(33)32-25-31(26-15-5-1-6-16-26)34(36-32)27-17-7-2-8-18-27/h1-2,5-8,13-18,23-24,28-29,31,34H,3-4,9-12,19-22,25H2/t31-,34-/m1/s1. The molecule has 0 N–H and O–H groups in total. The van der Waals surface area contributed by atoms with Crippen LogP contribution in [-0.4, -0.2) is 24.6 Å². The van der Waals surface area contributed by atoms with Crippen LogP contribution in [0.2, 0.25) is 0 Å². The average Bonchev–Trinajstić information content (AvgIpc) is 3.44. The van der Waals surface area contributed by atoms with Gasteiger partial charge in [0, 0.05) is 28.5 Å². The van der Waals surface area contributed by atoms with Gasteiger partial charge in [-0.25, -0.2) is 7.14 Å². The van der Waals surface area contributed by atoms with Gasteiger partial charge in [-0.05, 0) is 81.0 Å². The van der Waals surface area contributed by atoms with Crippen LogP contribution in [-0.2, 0) is 0 Å². The van der Waals surface area contributed by atoms with E-state index in [0.717, 1.165) is 6.42 Å². The monoisotopic (exact) mass is 504 g/mol. The minimum absolute atomic E-state index is 0.154. The molecule has 3 aromatic carbocycles. The quantitative estimate of drug-likeness (QED) is 0.235. The van der Waals surface area contributed by atoms with Crippen molar-refractivity contribution in [3.05, 3.63) is 102 Å². The second kappa shape index (κ2) is 11.3. The second-order valence-electron chi connectivity index (χ2n) is 11.6. The first kappa shape index (κ1) is 25.1. The number of aliphatic imine (C=N–C) groups is 1. The van der Waals surface area contributed by atoms with Gasteiger partial charge in [0.15, 0.2) is 0 Å². The molecule has 37 heavy (non-hydrogen) atoms. The van der Waals surface area contributed by atoms with Crippen LogP contribution in [0.1, 0.15) is 99.3 Å². The van der Waals surface area contributed by atoms with Gasteiger partial charge in [-0.2, -0.15) is 0 Å². The third-order valence-electron chi connectivity index (χ3n) is 9.45. The van der Waals surface area contributed by atoms with Gasteiger partial charge in [0.2, 0.25) is 0 Å². The Balaban J connectivity index is 1.44. The molecule has 2 aliphatic carbocycles. The smallest absolute Gasteiger partial charge is 0.0824 e. The molecule has 3 heteroatoms. The van der Waals surface area contributed by atoms with Crippen molar-refractivity contribution >= 4 is 25.7 Å². The highest BCUT2D eigenvalue weighted by Crippen LogP contribution is 2.68. The van der Waals surface area contributed by atoms with E-state index in [1.54, 1.807) is 0 Å². The summed E-state index contributed by atoms with van der Waals surface area (Å²) in [6.07, 6.45) is 14.4. The van der Waals surface area contributed by atoms with E-state index in [-0.39, 0.29) is 6.04 Å². The van der Waals surface area contributed by atoms with Gasteiger partial charge in [0.1, 0.15) is 0 Å². The van der Waals surface area contributed by atoms with Crippen LogP contribution in [0.25, 0.3) is 0 Å². The minimum Gasteiger partial charge on any atom is -0.298 e. The van der Waals surface area contributed by atoms with E-state index >= 15 is 0 Å². The van der Waals surface area contributed by atoms with Crippen molar-refractivity contribution in [3.63, 3.8) is 0 Å². The molecule has 1 heterocycles. The third kappa shape index (κ3) is 4.99. The molecule has 2 atom stereocenters. The molecule has 3 aliphatic rings. The van der Waals surface area contributed by atoms with Crippen molar-refractivity contribution in [3.8, 4) is 0 Å². The van der Waals surface area contributed by atoms with Gasteiger partial charge >= 0.3 is 0 Å². The largest absolute Gasteiger partial charge is 0.298 e. The van der Waals surface area contributed by atoms with Gasteiger partial charge in [0.05, 0.1) is 11.3 Å². The van der Waals surface area contributed by atoms with Crippen LogP contribution >= 0.6 is 7.14 Å². The maximum absolute atomic E-state index is 7.88. The zero-order chi connectivity index (χ0) is 25.1. The first-order valence-electron chi connectivity index (χ1n) is 14.7. The van der Waals surface area contributed by atoms with Crippen molar-refractivity contribution in [2.24, 2.45) is 4.99 Å². The van der Waals surface area contributed by atoms with Crippen LogP contribution in [0.5, 0.6) is 0 Å². The maximum Gasteiger partial charge on any atom is 0.0824 e. The molecule has 3 aromatic rings. The zero-order valence-electron chi connectivity index (χ0n) is 22.1. The second-order valence-corrected chi connectivity index (χ2v) is 15.2. The lowest BCUT2D eigenvalue weighted by Crippen LogP contribution is -2.36. The van der Waals surface area contributed by atoms with Gasteiger partial charge in [0.25, 0.3) is 0 Å². The Morgan fingerprint density at radius 1 is 0.595 bits per heavy atom. The van der Waals surface area contributed by atoms with E-state index in [9.17, 15) is 0 Å². The highest BCUT2D eigenvalue weighted by molar-refractivity contribution is 8.04. The summed E-state index contributed by atoms with van der Waals surface area (Å²) in [7, 11) is 6.06. The summed E-state index contributed by atoms with van der Waals surface area (Å²) in [6, 6.07) is 31.4. The number of hydrogen-bond acceptors (Lipinski definition) is 1. The molecule has 189 valence electrons. The number of benzene rings is 3. The summed E-state index contributed by atoms with van der Waals surface area (Å²) in [5.74, 6) is 0.363. The van der Waals surface area contributed by atoms with Gasteiger partial charge in [-0.1, -0.05) is 85.6 Å². The summed E-state index contributed by atoms with van der Waals surface area (Å²) in [4.78, 5) is 5.53. The molecular formula is C34H40BNP. The lowest BCUT2D eigenvalue weighted by Gasteiger charge is -2.52. The van der Waals surface area contributed by atoms with Crippen molar-refractivity contribution < 1.29 is 0 Å². The Bertz CT molecular complexity index is 1180. The lowest BCUT2D eigenvalue weighted by molar-refractivity contribution is 0.485. The van der Waals surface area contributed by atoms with Crippen LogP contribution in [0.3, 0.4) is 0 Å². The highest BCUT2D eigenvalue weighted by Gasteiger charge is 2.42. The molecule has 0 spiro atoms. The predicted molar refractivity (Wildman–Crippen MR) is 162 cm³/mol. The van der Waals surface area contributed by atoms with E-state index in [4.69, 9.17) is 12.6 Å². The lowest BCUT2D eigenvalue weighted by atomic mass is 9.86. The van der Waals surface area contributed by atoms with E-state index in [1.165, 1.54) is 91.9 Å². The first-order chi connectivity index (χ1) is 18.2. The molecule has 0 unspecified atom stereocenters. The van der Waals surface area contributed by atoms with Gasteiger partial charge in [-0.15, -0.1) is 0 Å². The topological polar surface area (TPSA) is 12.4 Å². The molecular weight excluding hydrogens is 464 g/mol. The van der Waals surface area contributed by atoms with E-state index in [0.29, 0.717) is 17.2 Å². The molecule has 1 nitrogen and oxygen atoms in total. The molecule has 0 aromatic heterocycles. The van der Waals surface area contributed by atoms with E-state index in [1.807, 2.05) is 0 Å². The summed E-state index contributed by atoms with van der Waals surface area (Å²) >= 11 is 0. The van der Waals surface area contributed by atoms with Gasteiger partial charge < -0.3 is 0 Å². The average molecular weight is 504 g/mol. The molecule has 6 rings (SSSR count). The Morgan fingerprint density at radius 3 is 1.70 bits per heavy atom. The number of rotatable bonds is 6. The van der Waals surface area contributed by atoms with Crippen LogP contribution < -0.4 is 5.30 Å².